The number of anilines is 4. The molecule has 4 aromatic rings. The number of aromatic nitrogens is 2. The number of likely N-dealkylation sites (N-methyl/N-ethyl adjacent to an activating group) is 2. The number of hydrogen-bond acceptors (Lipinski definition) is 9. The summed E-state index contributed by atoms with van der Waals surface area (Å²) >= 11 is 6.41. The maximum atomic E-state index is 14.6. The summed E-state index contributed by atoms with van der Waals surface area (Å²) in [6.45, 7) is 13.0. The first-order valence-electron chi connectivity index (χ1n) is 20.3. The van der Waals surface area contributed by atoms with E-state index in [0.717, 1.165) is 74.0 Å². The van der Waals surface area contributed by atoms with Gasteiger partial charge >= 0.3 is 0 Å². The lowest BCUT2D eigenvalue weighted by Gasteiger charge is -2.34. The van der Waals surface area contributed by atoms with Crippen LogP contribution in [0.4, 0.5) is 31.7 Å². The van der Waals surface area contributed by atoms with Crippen molar-refractivity contribution in [2.75, 3.05) is 75.1 Å². The third-order valence-corrected chi connectivity index (χ3v) is 12.2. The molecule has 3 aliphatic rings. The zero-order chi connectivity index (χ0) is 43.1. The molecule has 1 amide bonds. The van der Waals surface area contributed by atoms with Crippen LogP contribution in [0.1, 0.15) is 84.1 Å². The molecule has 0 saturated carbocycles. The van der Waals surface area contributed by atoms with Gasteiger partial charge in [-0.05, 0) is 93.6 Å². The monoisotopic (exact) mass is 838 g/mol. The van der Waals surface area contributed by atoms with Crippen LogP contribution in [0.5, 0.6) is 0 Å². The van der Waals surface area contributed by atoms with Gasteiger partial charge in [-0.15, -0.1) is 0 Å². The minimum atomic E-state index is -1.01. The second kappa shape index (κ2) is 19.2. The number of piperazine rings is 1. The summed E-state index contributed by atoms with van der Waals surface area (Å²) in [6, 6.07) is 14.9. The van der Waals surface area contributed by atoms with Crippen LogP contribution in [0, 0.1) is 11.6 Å². The fourth-order valence-corrected chi connectivity index (χ4v) is 8.71. The molecule has 1 atom stereocenters. The lowest BCUT2D eigenvalue weighted by Crippen LogP contribution is -2.44. The minimum Gasteiger partial charge on any atom is -0.369 e. The molecule has 316 valence electrons. The Morgan fingerprint density at radius 3 is 2.27 bits per heavy atom. The van der Waals surface area contributed by atoms with E-state index in [4.69, 9.17) is 11.6 Å². The number of nitrogens with zero attached hydrogens (tertiary/aromatic N) is 7. The van der Waals surface area contributed by atoms with Crippen LogP contribution in [0.15, 0.2) is 72.5 Å². The highest BCUT2D eigenvalue weighted by Crippen LogP contribution is 2.49. The van der Waals surface area contributed by atoms with Crippen molar-refractivity contribution < 1.29 is 23.2 Å². The topological polar surface area (TPSA) is 114 Å². The van der Waals surface area contributed by atoms with E-state index in [1.807, 2.05) is 37.3 Å². The van der Waals surface area contributed by atoms with Gasteiger partial charge in [0.15, 0.2) is 6.29 Å². The number of benzene rings is 3. The number of carbonyl (C=O) groups excluding carboxylic acids is 3. The van der Waals surface area contributed by atoms with Crippen molar-refractivity contribution in [3.05, 3.63) is 112 Å². The molecular weight excluding hydrogens is 786 g/mol. The molecular formula is C46H53ClF2N8O3. The van der Waals surface area contributed by atoms with Crippen LogP contribution in [0.3, 0.4) is 0 Å². The quantitative estimate of drug-likeness (QED) is 0.150. The van der Waals surface area contributed by atoms with Crippen molar-refractivity contribution in [1.29, 1.82) is 0 Å². The zero-order valence-corrected chi connectivity index (χ0v) is 35.7. The van der Waals surface area contributed by atoms with Gasteiger partial charge in [0, 0.05) is 76.5 Å². The van der Waals surface area contributed by atoms with Crippen LogP contribution >= 0.6 is 11.6 Å². The summed E-state index contributed by atoms with van der Waals surface area (Å²) in [4.78, 5) is 56.7. The molecule has 2 fully saturated rings. The van der Waals surface area contributed by atoms with Crippen LogP contribution < -0.4 is 20.0 Å². The van der Waals surface area contributed by atoms with E-state index >= 15 is 0 Å². The van der Waals surface area contributed by atoms with Crippen molar-refractivity contribution in [1.82, 2.24) is 20.2 Å². The van der Waals surface area contributed by atoms with E-state index in [9.17, 15) is 23.2 Å². The van der Waals surface area contributed by atoms with Crippen molar-refractivity contribution >= 4 is 64.9 Å². The standard InChI is InChI=1S/C29H30ClN5O.C17H23F2N3O2/c1-5-21-16-33-27(17-32-21)34-13-11-19(12-14-34)20-9-10-23-26(15-20)35(28(31-4)29(23,2)3)25-8-6-7-24(30)22(25)18-36;1-20-17(24)13(4-3-9-23)16-14(18)10-12(11-15(16)19)22-7-5-21(2)6-8-22/h5-10,15-19H,1,11-14H2,2-4H3;9-11,13H,3-8H2,1-2H3,(H,20,24). The Labute approximate surface area is 356 Å². The molecule has 11 nitrogen and oxygen atoms in total. The number of carbonyl (C=O) groups is 3. The first-order valence-corrected chi connectivity index (χ1v) is 20.7. The number of aldehydes is 2. The second-order valence-electron chi connectivity index (χ2n) is 15.9. The van der Waals surface area contributed by atoms with E-state index in [-0.39, 0.29) is 23.8 Å². The molecule has 14 heteroatoms. The molecule has 60 heavy (non-hydrogen) atoms. The Morgan fingerprint density at radius 1 is 0.983 bits per heavy atom. The molecule has 0 bridgehead atoms. The third-order valence-electron chi connectivity index (χ3n) is 11.9. The highest BCUT2D eigenvalue weighted by molar-refractivity contribution is 6.34. The van der Waals surface area contributed by atoms with Crippen molar-refractivity contribution in [3.8, 4) is 0 Å². The van der Waals surface area contributed by atoms with Crippen LogP contribution in [-0.2, 0) is 15.0 Å². The third kappa shape index (κ3) is 9.12. The van der Waals surface area contributed by atoms with Crippen LogP contribution in [-0.4, -0.2) is 99.6 Å². The fourth-order valence-electron chi connectivity index (χ4n) is 8.50. The molecule has 0 aliphatic carbocycles. The summed E-state index contributed by atoms with van der Waals surface area (Å²) in [7, 11) is 5.22. The molecule has 3 aromatic carbocycles. The fraction of sp³-hybridized carbons (Fsp3) is 0.391. The van der Waals surface area contributed by atoms with Gasteiger partial charge in [0.25, 0.3) is 0 Å². The Morgan fingerprint density at radius 2 is 1.68 bits per heavy atom. The first-order chi connectivity index (χ1) is 28.9. The second-order valence-corrected chi connectivity index (χ2v) is 16.3. The van der Waals surface area contributed by atoms with Gasteiger partial charge in [0.1, 0.15) is 29.6 Å². The lowest BCUT2D eigenvalue weighted by molar-refractivity contribution is -0.122. The van der Waals surface area contributed by atoms with Gasteiger partial charge in [0.2, 0.25) is 5.91 Å². The number of rotatable bonds is 11. The molecule has 1 unspecified atom stereocenters. The van der Waals surface area contributed by atoms with Gasteiger partial charge in [-0.25, -0.2) is 13.8 Å². The summed E-state index contributed by atoms with van der Waals surface area (Å²) in [6.07, 6.45) is 8.97. The van der Waals surface area contributed by atoms with Gasteiger partial charge in [-0.3, -0.25) is 24.5 Å². The number of piperidine rings is 1. The van der Waals surface area contributed by atoms with Crippen LogP contribution in [0.2, 0.25) is 5.02 Å². The number of amidine groups is 1. The minimum absolute atomic E-state index is 0.0666. The van der Waals surface area contributed by atoms with E-state index in [1.165, 1.54) is 30.3 Å². The van der Waals surface area contributed by atoms with Crippen molar-refractivity contribution in [2.24, 2.45) is 4.99 Å². The van der Waals surface area contributed by atoms with Gasteiger partial charge < -0.3 is 24.8 Å². The summed E-state index contributed by atoms with van der Waals surface area (Å²) in [5, 5.41) is 2.85. The van der Waals surface area contributed by atoms with Crippen molar-refractivity contribution in [3.63, 3.8) is 0 Å². The average Bonchev–Trinajstić information content (AvgIpc) is 3.49. The van der Waals surface area contributed by atoms with E-state index in [0.29, 0.717) is 41.6 Å². The van der Waals surface area contributed by atoms with E-state index in [1.54, 1.807) is 18.3 Å². The number of fused-ring (bicyclic) bond motifs is 1. The zero-order valence-electron chi connectivity index (χ0n) is 34.9. The van der Waals surface area contributed by atoms with Gasteiger partial charge in [-0.2, -0.15) is 0 Å². The molecule has 3 aliphatic heterocycles. The highest BCUT2D eigenvalue weighted by Gasteiger charge is 2.43. The Balaban J connectivity index is 0.000000219. The van der Waals surface area contributed by atoms with Crippen LogP contribution in [0.25, 0.3) is 6.08 Å². The molecule has 1 N–H and O–H groups in total. The van der Waals surface area contributed by atoms with E-state index < -0.39 is 23.5 Å². The Bertz CT molecular complexity index is 2210. The average molecular weight is 839 g/mol. The maximum Gasteiger partial charge on any atom is 0.227 e. The summed E-state index contributed by atoms with van der Waals surface area (Å²) in [5.41, 5.74) is 5.49. The molecule has 0 radical (unpaired) electrons. The molecule has 2 saturated heterocycles. The smallest absolute Gasteiger partial charge is 0.227 e. The van der Waals surface area contributed by atoms with Crippen molar-refractivity contribution in [2.45, 2.75) is 56.8 Å². The predicted molar refractivity (Wildman–Crippen MR) is 236 cm³/mol. The molecule has 0 spiro atoms. The predicted octanol–water partition coefficient (Wildman–Crippen LogP) is 7.95. The SMILES string of the molecule is C=Cc1cnc(N2CCC(c3ccc4c(c3)N(c3cccc(Cl)c3C=O)C(=NC)C4(C)C)CC2)cn1.CNC(=O)C(CCC=O)c1c(F)cc(N2CCN(C)CC2)cc1F. The highest BCUT2D eigenvalue weighted by atomic mass is 35.5. The molecule has 1 aromatic heterocycles. The molecule has 4 heterocycles. The Hall–Kier alpha value is -5.53. The molecule has 7 rings (SSSR count). The maximum absolute atomic E-state index is 14.6. The van der Waals surface area contributed by atoms with Gasteiger partial charge in [0.05, 0.1) is 46.0 Å². The number of halogens is 3. The number of hydrogen-bond donors (Lipinski definition) is 1. The first kappa shape index (κ1) is 44.0. The summed E-state index contributed by atoms with van der Waals surface area (Å²) < 4.78 is 29.1. The lowest BCUT2D eigenvalue weighted by atomic mass is 9.83. The number of aliphatic imine (C=N–C) groups is 1. The summed E-state index contributed by atoms with van der Waals surface area (Å²) in [5.74, 6) is -0.761. The Kier molecular flexibility index (Phi) is 14.1. The largest absolute Gasteiger partial charge is 0.369 e. The number of amides is 1. The number of nitrogens with one attached hydrogen (secondary N) is 1. The normalized spacial score (nSPS) is 17.7. The van der Waals surface area contributed by atoms with Gasteiger partial charge in [-0.1, -0.05) is 36.4 Å². The van der Waals surface area contributed by atoms with E-state index in [2.05, 4.69) is 73.6 Å².